The second-order valence-electron chi connectivity index (χ2n) is 7.43. The molecule has 26 heavy (non-hydrogen) atoms. The highest BCUT2D eigenvalue weighted by molar-refractivity contribution is 7.08. The Morgan fingerprint density at radius 1 is 1.15 bits per heavy atom. The van der Waals surface area contributed by atoms with E-state index in [1.807, 2.05) is 44.8 Å². The number of amides is 3. The van der Waals surface area contributed by atoms with Crippen LogP contribution in [0.25, 0.3) is 0 Å². The molecule has 1 aromatic carbocycles. The van der Waals surface area contributed by atoms with Gasteiger partial charge < -0.3 is 10.2 Å². The number of hydrogen-bond donors (Lipinski definition) is 1. The third-order valence-corrected chi connectivity index (χ3v) is 6.52. The predicted molar refractivity (Wildman–Crippen MR) is 102 cm³/mol. The van der Waals surface area contributed by atoms with Gasteiger partial charge in [-0.15, -0.1) is 0 Å². The minimum Gasteiger partial charge on any atom is -0.335 e. The van der Waals surface area contributed by atoms with Crippen LogP contribution in [0.5, 0.6) is 0 Å². The van der Waals surface area contributed by atoms with E-state index in [4.69, 9.17) is 0 Å². The number of nitrogens with one attached hydrogen (secondary N) is 1. The molecule has 2 fully saturated rings. The maximum Gasteiger partial charge on any atom is 0.317 e. The zero-order valence-corrected chi connectivity index (χ0v) is 15.3. The van der Waals surface area contributed by atoms with Gasteiger partial charge >= 0.3 is 6.03 Å². The maximum absolute atomic E-state index is 13.5. The molecule has 0 unspecified atom stereocenters. The molecular formula is C20H21N3O2S. The number of piperidine rings is 1. The Labute approximate surface area is 156 Å². The minimum atomic E-state index is -0.505. The van der Waals surface area contributed by atoms with Crippen molar-refractivity contribution in [2.45, 2.75) is 37.1 Å². The normalized spacial score (nSPS) is 21.2. The molecule has 1 spiro atoms. The lowest BCUT2D eigenvalue weighted by atomic mass is 9.73. The van der Waals surface area contributed by atoms with Gasteiger partial charge in [0.1, 0.15) is 0 Å². The Kier molecular flexibility index (Phi) is 3.57. The zero-order chi connectivity index (χ0) is 17.7. The van der Waals surface area contributed by atoms with Crippen molar-refractivity contribution in [2.75, 3.05) is 18.0 Å². The lowest BCUT2D eigenvalue weighted by Gasteiger charge is -2.38. The van der Waals surface area contributed by atoms with Crippen LogP contribution in [0.2, 0.25) is 0 Å². The Bertz CT molecular complexity index is 852. The Morgan fingerprint density at radius 3 is 2.62 bits per heavy atom. The molecule has 5 nitrogen and oxygen atoms in total. The molecule has 1 N–H and O–H groups in total. The lowest BCUT2D eigenvalue weighted by molar-refractivity contribution is -0.124. The smallest absolute Gasteiger partial charge is 0.317 e. The number of carbonyl (C=O) groups excluding carboxylic acids is 2. The van der Waals surface area contributed by atoms with Crippen LogP contribution in [-0.4, -0.2) is 36.0 Å². The molecule has 2 aromatic rings. The summed E-state index contributed by atoms with van der Waals surface area (Å²) < 4.78 is 0. The molecule has 0 radical (unpaired) electrons. The maximum atomic E-state index is 13.5. The number of likely N-dealkylation sites (tertiary alicyclic amines) is 1. The number of thiophene rings is 1. The predicted octanol–water partition coefficient (Wildman–Crippen LogP) is 3.63. The summed E-state index contributed by atoms with van der Waals surface area (Å²) in [5.41, 5.74) is 2.54. The van der Waals surface area contributed by atoms with Gasteiger partial charge in [0.05, 0.1) is 16.8 Å². The molecule has 5 rings (SSSR count). The van der Waals surface area contributed by atoms with Crippen molar-refractivity contribution >= 4 is 34.6 Å². The Morgan fingerprint density at radius 2 is 1.92 bits per heavy atom. The molecule has 3 heterocycles. The summed E-state index contributed by atoms with van der Waals surface area (Å²) >= 11 is 1.60. The van der Waals surface area contributed by atoms with Crippen molar-refractivity contribution in [3.05, 3.63) is 46.7 Å². The number of fused-ring (bicyclic) bond motifs is 2. The molecule has 1 saturated carbocycles. The first-order valence-corrected chi connectivity index (χ1v) is 10.1. The van der Waals surface area contributed by atoms with Crippen LogP contribution in [-0.2, 0) is 10.2 Å². The molecule has 0 bridgehead atoms. The van der Waals surface area contributed by atoms with Crippen LogP contribution in [0.4, 0.5) is 16.2 Å². The number of hydrogen-bond acceptors (Lipinski definition) is 3. The number of para-hydroxylation sites is 1. The van der Waals surface area contributed by atoms with Gasteiger partial charge in [0, 0.05) is 24.5 Å². The standard InChI is InChI=1S/C20H21N3O2S/c24-18-20(8-10-22(11-9-20)19(25)21-14-5-6-14)16-3-1-2-4-17(16)23(18)15-7-12-26-13-15/h1-4,7,12-14H,5-6,8-11H2,(H,21,25). The van der Waals surface area contributed by atoms with E-state index in [-0.39, 0.29) is 11.9 Å². The van der Waals surface area contributed by atoms with Gasteiger partial charge in [0.2, 0.25) is 5.91 Å². The lowest BCUT2D eigenvalue weighted by Crippen LogP contribution is -2.52. The SMILES string of the molecule is O=C(NC1CC1)N1CCC2(CC1)C(=O)N(c1ccsc1)c1ccccc12. The number of nitrogens with zero attached hydrogens (tertiary/aromatic N) is 2. The minimum absolute atomic E-state index is 0.0239. The van der Waals surface area contributed by atoms with E-state index >= 15 is 0 Å². The fourth-order valence-corrected chi connectivity index (χ4v) is 4.84. The van der Waals surface area contributed by atoms with Crippen molar-refractivity contribution in [3.8, 4) is 0 Å². The van der Waals surface area contributed by atoms with Crippen molar-refractivity contribution in [3.63, 3.8) is 0 Å². The van der Waals surface area contributed by atoms with Crippen LogP contribution in [0.3, 0.4) is 0 Å². The van der Waals surface area contributed by atoms with Gasteiger partial charge in [-0.1, -0.05) is 18.2 Å². The van der Waals surface area contributed by atoms with E-state index in [1.54, 1.807) is 11.3 Å². The van der Waals surface area contributed by atoms with Crippen molar-refractivity contribution in [1.29, 1.82) is 0 Å². The van der Waals surface area contributed by atoms with E-state index in [9.17, 15) is 9.59 Å². The molecule has 6 heteroatoms. The highest BCUT2D eigenvalue weighted by Gasteiger charge is 2.52. The average molecular weight is 367 g/mol. The second kappa shape index (κ2) is 5.84. The van der Waals surface area contributed by atoms with E-state index in [0.29, 0.717) is 32.0 Å². The fourth-order valence-electron chi connectivity index (χ4n) is 4.22. The second-order valence-corrected chi connectivity index (χ2v) is 8.21. The van der Waals surface area contributed by atoms with Crippen molar-refractivity contribution < 1.29 is 9.59 Å². The summed E-state index contributed by atoms with van der Waals surface area (Å²) in [6.07, 6.45) is 3.54. The molecule has 3 amide bonds. The summed E-state index contributed by atoms with van der Waals surface area (Å²) in [5.74, 6) is 0.152. The van der Waals surface area contributed by atoms with E-state index < -0.39 is 5.41 Å². The van der Waals surface area contributed by atoms with Crippen LogP contribution in [0, 0.1) is 0 Å². The Balaban J connectivity index is 1.44. The van der Waals surface area contributed by atoms with Crippen LogP contribution in [0.1, 0.15) is 31.2 Å². The highest BCUT2D eigenvalue weighted by Crippen LogP contribution is 2.50. The molecule has 2 aliphatic heterocycles. The first-order chi connectivity index (χ1) is 12.7. The third-order valence-electron chi connectivity index (χ3n) is 5.85. The van der Waals surface area contributed by atoms with Gasteiger partial charge in [-0.05, 0) is 48.8 Å². The van der Waals surface area contributed by atoms with Crippen LogP contribution >= 0.6 is 11.3 Å². The third kappa shape index (κ3) is 2.35. The van der Waals surface area contributed by atoms with Gasteiger partial charge in [-0.2, -0.15) is 11.3 Å². The topological polar surface area (TPSA) is 52.7 Å². The van der Waals surface area contributed by atoms with Crippen molar-refractivity contribution in [1.82, 2.24) is 10.2 Å². The number of urea groups is 1. The molecule has 1 aromatic heterocycles. The summed E-state index contributed by atoms with van der Waals surface area (Å²) in [6.45, 7) is 1.24. The van der Waals surface area contributed by atoms with E-state index in [1.165, 1.54) is 0 Å². The summed E-state index contributed by atoms with van der Waals surface area (Å²) in [4.78, 5) is 29.6. The fraction of sp³-hybridized carbons (Fsp3) is 0.400. The number of rotatable bonds is 2. The molecule has 3 aliphatic rings. The molecular weight excluding hydrogens is 346 g/mol. The number of carbonyl (C=O) groups is 2. The van der Waals surface area contributed by atoms with E-state index in [0.717, 1.165) is 29.8 Å². The molecule has 1 aliphatic carbocycles. The highest BCUT2D eigenvalue weighted by atomic mass is 32.1. The first kappa shape index (κ1) is 15.9. The number of anilines is 2. The quantitative estimate of drug-likeness (QED) is 0.881. The largest absolute Gasteiger partial charge is 0.335 e. The summed E-state index contributed by atoms with van der Waals surface area (Å²) in [6, 6.07) is 10.5. The van der Waals surface area contributed by atoms with Gasteiger partial charge in [-0.25, -0.2) is 4.79 Å². The van der Waals surface area contributed by atoms with Gasteiger partial charge in [0.15, 0.2) is 0 Å². The van der Waals surface area contributed by atoms with Gasteiger partial charge in [-0.3, -0.25) is 9.69 Å². The molecule has 134 valence electrons. The first-order valence-electron chi connectivity index (χ1n) is 9.21. The molecule has 0 atom stereocenters. The van der Waals surface area contributed by atoms with Gasteiger partial charge in [0.25, 0.3) is 0 Å². The summed E-state index contributed by atoms with van der Waals surface area (Å²) in [5, 5.41) is 7.08. The number of benzene rings is 1. The average Bonchev–Trinajstić information content (AvgIpc) is 3.25. The summed E-state index contributed by atoms with van der Waals surface area (Å²) in [7, 11) is 0. The Hall–Kier alpha value is -2.34. The molecule has 1 saturated heterocycles. The van der Waals surface area contributed by atoms with Crippen LogP contribution in [0.15, 0.2) is 41.1 Å². The monoisotopic (exact) mass is 367 g/mol. The zero-order valence-electron chi connectivity index (χ0n) is 14.5. The van der Waals surface area contributed by atoms with Crippen LogP contribution < -0.4 is 10.2 Å². The van der Waals surface area contributed by atoms with Crippen molar-refractivity contribution in [2.24, 2.45) is 0 Å². The van der Waals surface area contributed by atoms with E-state index in [2.05, 4.69) is 11.4 Å².